The highest BCUT2D eigenvalue weighted by Gasteiger charge is 2.20. The van der Waals surface area contributed by atoms with Gasteiger partial charge in [0, 0.05) is 6.20 Å². The van der Waals surface area contributed by atoms with Crippen molar-refractivity contribution in [2.24, 2.45) is 0 Å². The number of nitrogens with zero attached hydrogens (tertiary/aromatic N) is 1. The number of benzene rings is 1. The van der Waals surface area contributed by atoms with Gasteiger partial charge in [-0.25, -0.2) is 0 Å². The normalized spacial score (nSPS) is 11.5. The zero-order chi connectivity index (χ0) is 15.1. The molecule has 1 aromatic carbocycles. The first kappa shape index (κ1) is 14.7. The number of hydrogen-bond acceptors (Lipinski definition) is 5. The molecule has 0 amide bonds. The van der Waals surface area contributed by atoms with Crippen LogP contribution in [0.25, 0.3) is 0 Å². The smallest absolute Gasteiger partial charge is 0.293 e. The molecule has 108 valence electrons. The van der Waals surface area contributed by atoms with Crippen molar-refractivity contribution in [2.45, 2.75) is 19.6 Å². The minimum atomic E-state index is -0.857. The molecule has 0 spiro atoms. The molecule has 0 aliphatic heterocycles. The van der Waals surface area contributed by atoms with Gasteiger partial charge in [0.2, 0.25) is 5.78 Å². The zero-order valence-electron chi connectivity index (χ0n) is 11.6. The van der Waals surface area contributed by atoms with Crippen LogP contribution >= 0.6 is 0 Å². The summed E-state index contributed by atoms with van der Waals surface area (Å²) >= 11 is 0. The van der Waals surface area contributed by atoms with Crippen molar-refractivity contribution in [1.82, 2.24) is 4.98 Å². The third-order valence-electron chi connectivity index (χ3n) is 2.92. The van der Waals surface area contributed by atoms with Gasteiger partial charge in [-0.2, -0.15) is 0 Å². The number of carbonyl (C=O) groups is 2. The summed E-state index contributed by atoms with van der Waals surface area (Å²) in [6.07, 6.45) is 2.11. The molecule has 0 radical (unpaired) electrons. The predicted octanol–water partition coefficient (Wildman–Crippen LogP) is 2.40. The molecule has 5 nitrogen and oxygen atoms in total. The highest BCUT2D eigenvalue weighted by atomic mass is 16.5. The van der Waals surface area contributed by atoms with Gasteiger partial charge in [0.15, 0.2) is 6.10 Å². The molecule has 0 aliphatic carbocycles. The monoisotopic (exact) mass is 285 g/mol. The number of Topliss-reactive ketones (excluding diaryl/α,β-unsaturated/α-hetero) is 1. The van der Waals surface area contributed by atoms with Crippen LogP contribution in [0.1, 0.15) is 22.8 Å². The molecule has 1 heterocycles. The second-order valence-electron chi connectivity index (χ2n) is 4.38. The molecule has 0 fully saturated rings. The Morgan fingerprint density at radius 2 is 2.05 bits per heavy atom. The largest absolute Gasteiger partial charge is 0.487 e. The van der Waals surface area contributed by atoms with Gasteiger partial charge in [-0.3, -0.25) is 14.6 Å². The molecule has 2 aromatic rings. The van der Waals surface area contributed by atoms with E-state index in [1.54, 1.807) is 6.07 Å². The maximum Gasteiger partial charge on any atom is 0.293 e. The topological polar surface area (TPSA) is 65.5 Å². The average Bonchev–Trinajstić information content (AvgIpc) is 2.54. The van der Waals surface area contributed by atoms with Crippen LogP contribution in [0.2, 0.25) is 0 Å². The summed E-state index contributed by atoms with van der Waals surface area (Å²) in [5, 5.41) is 0. The lowest BCUT2D eigenvalue weighted by molar-refractivity contribution is -0.131. The van der Waals surface area contributed by atoms with E-state index in [1.807, 2.05) is 30.3 Å². The summed E-state index contributed by atoms with van der Waals surface area (Å²) in [6, 6.07) is 11.1. The second-order valence-corrected chi connectivity index (χ2v) is 4.38. The highest BCUT2D eigenvalue weighted by molar-refractivity contribution is 6.01. The summed E-state index contributed by atoms with van der Waals surface area (Å²) in [7, 11) is 0. The van der Waals surface area contributed by atoms with Crippen molar-refractivity contribution in [3.05, 3.63) is 59.9 Å². The lowest BCUT2D eigenvalue weighted by Gasteiger charge is -2.13. The van der Waals surface area contributed by atoms with Crippen LogP contribution in [-0.2, 0) is 16.1 Å². The standard InChI is InChI=1S/C16H15NO4/c1-12(21-11-18)16(19)14-7-8-17-9-15(14)20-10-13-5-3-2-4-6-13/h2-9,11-12H,10H2,1H3. The van der Waals surface area contributed by atoms with Gasteiger partial charge >= 0.3 is 0 Å². The molecule has 5 heteroatoms. The number of ether oxygens (including phenoxy) is 2. The number of hydrogen-bond donors (Lipinski definition) is 0. The fourth-order valence-corrected chi connectivity index (χ4v) is 1.80. The summed E-state index contributed by atoms with van der Waals surface area (Å²) in [5.41, 5.74) is 1.33. The number of aromatic nitrogens is 1. The van der Waals surface area contributed by atoms with E-state index >= 15 is 0 Å². The van der Waals surface area contributed by atoms with Gasteiger partial charge in [-0.1, -0.05) is 30.3 Å². The first-order valence-corrected chi connectivity index (χ1v) is 6.46. The van der Waals surface area contributed by atoms with E-state index in [2.05, 4.69) is 9.72 Å². The maximum absolute atomic E-state index is 12.2. The zero-order valence-corrected chi connectivity index (χ0v) is 11.6. The van der Waals surface area contributed by atoms with E-state index in [-0.39, 0.29) is 12.3 Å². The Hall–Kier alpha value is -2.69. The van der Waals surface area contributed by atoms with Gasteiger partial charge < -0.3 is 9.47 Å². The van der Waals surface area contributed by atoms with Gasteiger partial charge in [-0.05, 0) is 18.6 Å². The van der Waals surface area contributed by atoms with E-state index in [0.29, 0.717) is 17.9 Å². The Morgan fingerprint density at radius 1 is 1.29 bits per heavy atom. The van der Waals surface area contributed by atoms with E-state index in [1.165, 1.54) is 19.3 Å². The Balaban J connectivity index is 2.13. The number of pyridine rings is 1. The lowest BCUT2D eigenvalue weighted by Crippen LogP contribution is -2.21. The molecule has 1 unspecified atom stereocenters. The van der Waals surface area contributed by atoms with Crippen molar-refractivity contribution in [2.75, 3.05) is 0 Å². The van der Waals surface area contributed by atoms with E-state index in [9.17, 15) is 9.59 Å². The molecule has 2 rings (SSSR count). The third kappa shape index (κ3) is 3.89. The summed E-state index contributed by atoms with van der Waals surface area (Å²) in [4.78, 5) is 26.5. The van der Waals surface area contributed by atoms with E-state index in [0.717, 1.165) is 5.56 Å². The first-order valence-electron chi connectivity index (χ1n) is 6.46. The van der Waals surface area contributed by atoms with Gasteiger partial charge in [0.1, 0.15) is 12.4 Å². The Bertz CT molecular complexity index is 613. The van der Waals surface area contributed by atoms with Crippen molar-refractivity contribution >= 4 is 12.3 Å². The van der Waals surface area contributed by atoms with Crippen LogP contribution in [0.4, 0.5) is 0 Å². The lowest BCUT2D eigenvalue weighted by atomic mass is 10.1. The Morgan fingerprint density at radius 3 is 2.76 bits per heavy atom. The van der Waals surface area contributed by atoms with Crippen LogP contribution in [0.15, 0.2) is 48.8 Å². The van der Waals surface area contributed by atoms with E-state index in [4.69, 9.17) is 4.74 Å². The molecule has 0 saturated heterocycles. The minimum absolute atomic E-state index is 0.258. The highest BCUT2D eigenvalue weighted by Crippen LogP contribution is 2.20. The number of ketones is 1. The molecular formula is C16H15NO4. The molecule has 21 heavy (non-hydrogen) atoms. The first-order chi connectivity index (χ1) is 10.2. The van der Waals surface area contributed by atoms with E-state index < -0.39 is 6.10 Å². The fraction of sp³-hybridized carbons (Fsp3) is 0.188. The molecule has 0 aliphatic rings. The quantitative estimate of drug-likeness (QED) is 0.577. The van der Waals surface area contributed by atoms with Gasteiger partial charge in [0.25, 0.3) is 6.47 Å². The molecule has 0 saturated carbocycles. The minimum Gasteiger partial charge on any atom is -0.487 e. The van der Waals surface area contributed by atoms with Crippen molar-refractivity contribution in [1.29, 1.82) is 0 Å². The van der Waals surface area contributed by atoms with Crippen LogP contribution in [0.3, 0.4) is 0 Å². The summed E-state index contributed by atoms with van der Waals surface area (Å²) < 4.78 is 10.3. The van der Waals surface area contributed by atoms with Crippen LogP contribution < -0.4 is 4.74 Å². The molecule has 0 bridgehead atoms. The van der Waals surface area contributed by atoms with Crippen molar-refractivity contribution < 1.29 is 19.1 Å². The number of carbonyl (C=O) groups excluding carboxylic acids is 2. The fourth-order valence-electron chi connectivity index (χ4n) is 1.80. The SMILES string of the molecule is CC(OC=O)C(=O)c1ccncc1OCc1ccccc1. The van der Waals surface area contributed by atoms with Crippen molar-refractivity contribution in [3.8, 4) is 5.75 Å². The van der Waals surface area contributed by atoms with Crippen LogP contribution in [0.5, 0.6) is 5.75 Å². The molecular weight excluding hydrogens is 270 g/mol. The van der Waals surface area contributed by atoms with Gasteiger partial charge in [-0.15, -0.1) is 0 Å². The van der Waals surface area contributed by atoms with Crippen LogP contribution in [0, 0.1) is 0 Å². The summed E-state index contributed by atoms with van der Waals surface area (Å²) in [5.74, 6) is 0.0419. The predicted molar refractivity (Wildman–Crippen MR) is 76.0 cm³/mol. The molecule has 1 atom stereocenters. The second kappa shape index (κ2) is 7.19. The molecule has 1 aromatic heterocycles. The maximum atomic E-state index is 12.2. The van der Waals surface area contributed by atoms with Gasteiger partial charge in [0.05, 0.1) is 11.8 Å². The Kier molecular flexibility index (Phi) is 5.04. The summed E-state index contributed by atoms with van der Waals surface area (Å²) in [6.45, 7) is 2.10. The average molecular weight is 285 g/mol. The van der Waals surface area contributed by atoms with Crippen molar-refractivity contribution in [3.63, 3.8) is 0 Å². The van der Waals surface area contributed by atoms with Crippen LogP contribution in [-0.4, -0.2) is 23.3 Å². The molecule has 0 N–H and O–H groups in total. The number of rotatable bonds is 7. The Labute approximate surface area is 122 Å². The third-order valence-corrected chi connectivity index (χ3v) is 2.92.